The number of rotatable bonds is 5. The van der Waals surface area contributed by atoms with E-state index in [4.69, 9.17) is 4.74 Å². The topological polar surface area (TPSA) is 59.1 Å². The Labute approximate surface area is 129 Å². The molecular weight excluding hydrogens is 284 g/mol. The molecule has 1 saturated heterocycles. The molecule has 5 nitrogen and oxygen atoms in total. The second kappa shape index (κ2) is 6.58. The molecule has 0 aromatic carbocycles. The minimum atomic E-state index is 0.672. The molecule has 3 rings (SSSR count). The maximum absolute atomic E-state index is 5.41. The summed E-state index contributed by atoms with van der Waals surface area (Å²) in [6.07, 6.45) is 3.29. The Kier molecular flexibility index (Phi) is 4.55. The van der Waals surface area contributed by atoms with Crippen molar-refractivity contribution in [2.75, 3.05) is 37.4 Å². The predicted molar refractivity (Wildman–Crippen MR) is 88.4 cm³/mol. The molecule has 1 fully saturated rings. The molecule has 0 bridgehead atoms. The Hall–Kier alpha value is -1.40. The highest BCUT2D eigenvalue weighted by atomic mass is 32.1. The average Bonchev–Trinajstić information content (AvgIpc) is 2.96. The maximum Gasteiger partial charge on any atom is 0.225 e. The molecule has 1 aliphatic heterocycles. The van der Waals surface area contributed by atoms with Crippen molar-refractivity contribution in [3.05, 3.63) is 10.9 Å². The Balaban J connectivity index is 1.82. The Morgan fingerprint density at radius 2 is 2.14 bits per heavy atom. The van der Waals surface area contributed by atoms with E-state index in [0.29, 0.717) is 11.9 Å². The van der Waals surface area contributed by atoms with Crippen LogP contribution in [0.5, 0.6) is 0 Å². The molecule has 21 heavy (non-hydrogen) atoms. The molecule has 2 aromatic rings. The van der Waals surface area contributed by atoms with Crippen molar-refractivity contribution in [1.82, 2.24) is 9.97 Å². The number of aromatic nitrogens is 2. The molecule has 0 atom stereocenters. The average molecular weight is 306 g/mol. The quantitative estimate of drug-likeness (QED) is 0.889. The fraction of sp³-hybridized carbons (Fsp3) is 0.600. The smallest absolute Gasteiger partial charge is 0.225 e. The van der Waals surface area contributed by atoms with Gasteiger partial charge < -0.3 is 15.4 Å². The van der Waals surface area contributed by atoms with Crippen LogP contribution in [0.2, 0.25) is 0 Å². The molecule has 6 heteroatoms. The zero-order valence-corrected chi connectivity index (χ0v) is 13.4. The molecule has 0 saturated carbocycles. The number of anilines is 2. The summed E-state index contributed by atoms with van der Waals surface area (Å²) in [5.74, 6) is 2.30. The fourth-order valence-corrected chi connectivity index (χ4v) is 3.55. The van der Waals surface area contributed by atoms with Gasteiger partial charge in [0, 0.05) is 31.7 Å². The summed E-state index contributed by atoms with van der Waals surface area (Å²) in [4.78, 5) is 11.6. The fourth-order valence-electron chi connectivity index (χ4n) is 2.58. The molecule has 0 unspecified atom stereocenters. The molecule has 3 heterocycles. The van der Waals surface area contributed by atoms with Crippen molar-refractivity contribution >= 4 is 33.3 Å². The SMILES string of the molecule is CCc1cc2c(NCC3CCOCC3)nc(NC)nc2s1. The summed E-state index contributed by atoms with van der Waals surface area (Å²) in [5, 5.41) is 7.72. The van der Waals surface area contributed by atoms with Crippen LogP contribution in [0.15, 0.2) is 6.07 Å². The standard InChI is InChI=1S/C15H22N4OS/c1-3-11-8-12-13(17-9-10-4-6-20-7-5-10)18-15(16-2)19-14(12)21-11/h8,10H,3-7,9H2,1-2H3,(H2,16,17,18,19). The van der Waals surface area contributed by atoms with Crippen molar-refractivity contribution < 1.29 is 4.74 Å². The number of aryl methyl sites for hydroxylation is 1. The van der Waals surface area contributed by atoms with Crippen LogP contribution < -0.4 is 10.6 Å². The number of nitrogens with zero attached hydrogens (tertiary/aromatic N) is 2. The molecule has 0 spiro atoms. The second-order valence-corrected chi connectivity index (χ2v) is 6.48. The van der Waals surface area contributed by atoms with E-state index >= 15 is 0 Å². The molecular formula is C15H22N4OS. The van der Waals surface area contributed by atoms with E-state index in [1.165, 1.54) is 4.88 Å². The van der Waals surface area contributed by atoms with Gasteiger partial charge in [0.05, 0.1) is 5.39 Å². The van der Waals surface area contributed by atoms with Gasteiger partial charge in [-0.1, -0.05) is 6.92 Å². The predicted octanol–water partition coefficient (Wildman–Crippen LogP) is 3.13. The number of hydrogen-bond acceptors (Lipinski definition) is 6. The molecule has 2 N–H and O–H groups in total. The van der Waals surface area contributed by atoms with E-state index < -0.39 is 0 Å². The Morgan fingerprint density at radius 3 is 2.86 bits per heavy atom. The minimum Gasteiger partial charge on any atom is -0.381 e. The van der Waals surface area contributed by atoms with Crippen LogP contribution in [-0.2, 0) is 11.2 Å². The zero-order chi connectivity index (χ0) is 14.7. The normalized spacial score (nSPS) is 16.3. The summed E-state index contributed by atoms with van der Waals surface area (Å²) >= 11 is 1.75. The third-order valence-electron chi connectivity index (χ3n) is 3.91. The summed E-state index contributed by atoms with van der Waals surface area (Å²) in [7, 11) is 1.86. The minimum absolute atomic E-state index is 0.672. The first kappa shape index (κ1) is 14.5. The molecule has 114 valence electrons. The van der Waals surface area contributed by atoms with Gasteiger partial charge in [-0.3, -0.25) is 0 Å². The van der Waals surface area contributed by atoms with Crippen LogP contribution in [0.1, 0.15) is 24.6 Å². The van der Waals surface area contributed by atoms with Crippen molar-refractivity contribution in [3.63, 3.8) is 0 Å². The highest BCUT2D eigenvalue weighted by molar-refractivity contribution is 7.18. The molecule has 0 radical (unpaired) electrons. The summed E-state index contributed by atoms with van der Waals surface area (Å²) < 4.78 is 5.41. The van der Waals surface area contributed by atoms with E-state index in [-0.39, 0.29) is 0 Å². The van der Waals surface area contributed by atoms with Crippen molar-refractivity contribution in [2.24, 2.45) is 5.92 Å². The third kappa shape index (κ3) is 3.27. The summed E-state index contributed by atoms with van der Waals surface area (Å²) in [6, 6.07) is 2.21. The lowest BCUT2D eigenvalue weighted by atomic mass is 10.0. The van der Waals surface area contributed by atoms with Crippen LogP contribution in [0.3, 0.4) is 0 Å². The lowest BCUT2D eigenvalue weighted by molar-refractivity contribution is 0.0699. The molecule has 0 amide bonds. The van der Waals surface area contributed by atoms with Crippen LogP contribution >= 0.6 is 11.3 Å². The van der Waals surface area contributed by atoms with Gasteiger partial charge in [0.15, 0.2) is 0 Å². The van der Waals surface area contributed by atoms with Gasteiger partial charge in [-0.15, -0.1) is 11.3 Å². The second-order valence-electron chi connectivity index (χ2n) is 5.37. The molecule has 1 aliphatic rings. The molecule has 0 aliphatic carbocycles. The van der Waals surface area contributed by atoms with Gasteiger partial charge in [0.25, 0.3) is 0 Å². The highest BCUT2D eigenvalue weighted by Gasteiger charge is 2.16. The number of nitrogens with one attached hydrogen (secondary N) is 2. The zero-order valence-electron chi connectivity index (χ0n) is 12.6. The first-order valence-electron chi connectivity index (χ1n) is 7.60. The van der Waals surface area contributed by atoms with Crippen molar-refractivity contribution in [3.8, 4) is 0 Å². The van der Waals surface area contributed by atoms with Crippen LogP contribution in [-0.4, -0.2) is 36.8 Å². The first-order valence-corrected chi connectivity index (χ1v) is 8.41. The van der Waals surface area contributed by atoms with E-state index in [2.05, 4.69) is 33.6 Å². The monoisotopic (exact) mass is 306 g/mol. The van der Waals surface area contributed by atoms with Crippen LogP contribution in [0.25, 0.3) is 10.2 Å². The lowest BCUT2D eigenvalue weighted by Gasteiger charge is -2.22. The first-order chi connectivity index (χ1) is 10.3. The number of hydrogen-bond donors (Lipinski definition) is 2. The van der Waals surface area contributed by atoms with Gasteiger partial charge in [-0.2, -0.15) is 4.98 Å². The van der Waals surface area contributed by atoms with E-state index in [1.807, 2.05) is 7.05 Å². The number of ether oxygens (including phenoxy) is 1. The number of thiophene rings is 1. The van der Waals surface area contributed by atoms with Crippen molar-refractivity contribution in [1.29, 1.82) is 0 Å². The third-order valence-corrected chi connectivity index (χ3v) is 5.09. The van der Waals surface area contributed by atoms with E-state index in [9.17, 15) is 0 Å². The van der Waals surface area contributed by atoms with Crippen LogP contribution in [0.4, 0.5) is 11.8 Å². The van der Waals surface area contributed by atoms with Gasteiger partial charge >= 0.3 is 0 Å². The number of fused-ring (bicyclic) bond motifs is 1. The lowest BCUT2D eigenvalue weighted by Crippen LogP contribution is -2.23. The largest absolute Gasteiger partial charge is 0.381 e. The van der Waals surface area contributed by atoms with E-state index in [1.54, 1.807) is 11.3 Å². The summed E-state index contributed by atoms with van der Waals surface area (Å²) in [5.41, 5.74) is 0. The maximum atomic E-state index is 5.41. The van der Waals surface area contributed by atoms with Gasteiger partial charge in [0.2, 0.25) is 5.95 Å². The van der Waals surface area contributed by atoms with E-state index in [0.717, 1.165) is 55.1 Å². The Morgan fingerprint density at radius 1 is 1.33 bits per heavy atom. The Bertz CT molecular complexity index is 607. The van der Waals surface area contributed by atoms with Gasteiger partial charge in [-0.05, 0) is 31.2 Å². The van der Waals surface area contributed by atoms with Gasteiger partial charge in [-0.25, -0.2) is 4.98 Å². The van der Waals surface area contributed by atoms with Crippen LogP contribution in [0, 0.1) is 5.92 Å². The highest BCUT2D eigenvalue weighted by Crippen LogP contribution is 2.30. The van der Waals surface area contributed by atoms with Gasteiger partial charge in [0.1, 0.15) is 10.6 Å². The van der Waals surface area contributed by atoms with Crippen molar-refractivity contribution in [2.45, 2.75) is 26.2 Å². The molecule has 2 aromatic heterocycles. The summed E-state index contributed by atoms with van der Waals surface area (Å²) in [6.45, 7) is 4.89.